The highest BCUT2D eigenvalue weighted by molar-refractivity contribution is 7.99. The molecule has 1 aliphatic rings. The maximum absolute atomic E-state index is 10.2. The summed E-state index contributed by atoms with van der Waals surface area (Å²) in [5, 5.41) is 0. The Morgan fingerprint density at radius 2 is 2.50 bits per heavy atom. The molecule has 10 heavy (non-hydrogen) atoms. The predicted octanol–water partition coefficient (Wildman–Crippen LogP) is 1.88. The minimum Gasteiger partial charge on any atom is -0.298 e. The summed E-state index contributed by atoms with van der Waals surface area (Å²) in [5.74, 6) is 3.12. The first-order valence-electron chi connectivity index (χ1n) is 3.54. The second-order valence-electron chi connectivity index (χ2n) is 2.65. The van der Waals surface area contributed by atoms with Gasteiger partial charge in [0, 0.05) is 0 Å². The number of carbonyl (C=O) groups excluding carboxylic acids is 1. The third kappa shape index (κ3) is 2.18. The van der Waals surface area contributed by atoms with E-state index < -0.39 is 0 Å². The maximum atomic E-state index is 10.2. The summed E-state index contributed by atoms with van der Waals surface area (Å²) < 4.78 is 0. The standard InChI is InChI=1S/C8H12OS/c1-7(5-9)4-8-2-3-10-6-8/h4-5,8H,2-3,6H2,1H3/b7-4+. The third-order valence-electron chi connectivity index (χ3n) is 1.65. The molecule has 0 aromatic carbocycles. The van der Waals surface area contributed by atoms with Gasteiger partial charge in [0.1, 0.15) is 6.29 Å². The van der Waals surface area contributed by atoms with Crippen molar-refractivity contribution in [3.05, 3.63) is 11.6 Å². The van der Waals surface area contributed by atoms with E-state index in [2.05, 4.69) is 6.08 Å². The largest absolute Gasteiger partial charge is 0.298 e. The number of aldehydes is 1. The highest BCUT2D eigenvalue weighted by atomic mass is 32.2. The van der Waals surface area contributed by atoms with Gasteiger partial charge >= 0.3 is 0 Å². The van der Waals surface area contributed by atoms with Gasteiger partial charge in [-0.2, -0.15) is 11.8 Å². The van der Waals surface area contributed by atoms with Crippen molar-refractivity contribution in [1.82, 2.24) is 0 Å². The Hall–Kier alpha value is -0.240. The van der Waals surface area contributed by atoms with Crippen LogP contribution in [0.2, 0.25) is 0 Å². The van der Waals surface area contributed by atoms with E-state index in [1.165, 1.54) is 17.9 Å². The monoisotopic (exact) mass is 156 g/mol. The number of carbonyl (C=O) groups is 1. The third-order valence-corrected chi connectivity index (χ3v) is 2.84. The minimum atomic E-state index is 0.662. The molecule has 1 rings (SSSR count). The number of thioether (sulfide) groups is 1. The van der Waals surface area contributed by atoms with Crippen LogP contribution < -0.4 is 0 Å². The number of rotatable bonds is 2. The molecule has 0 radical (unpaired) electrons. The van der Waals surface area contributed by atoms with Gasteiger partial charge in [-0.05, 0) is 36.3 Å². The first kappa shape index (κ1) is 7.86. The molecular weight excluding hydrogens is 144 g/mol. The van der Waals surface area contributed by atoms with Crippen LogP contribution in [0.25, 0.3) is 0 Å². The zero-order chi connectivity index (χ0) is 7.40. The summed E-state index contributed by atoms with van der Waals surface area (Å²) in [5.41, 5.74) is 0.882. The van der Waals surface area contributed by atoms with Gasteiger partial charge in [-0.3, -0.25) is 4.79 Å². The van der Waals surface area contributed by atoms with Gasteiger partial charge in [-0.25, -0.2) is 0 Å². The SMILES string of the molecule is C/C(C=O)=C\C1CCSC1. The van der Waals surface area contributed by atoms with Crippen molar-refractivity contribution in [3.8, 4) is 0 Å². The first-order valence-corrected chi connectivity index (χ1v) is 4.69. The van der Waals surface area contributed by atoms with Gasteiger partial charge in [0.05, 0.1) is 0 Å². The predicted molar refractivity (Wildman–Crippen MR) is 45.3 cm³/mol. The van der Waals surface area contributed by atoms with Gasteiger partial charge in [0.25, 0.3) is 0 Å². The highest BCUT2D eigenvalue weighted by Gasteiger charge is 2.12. The van der Waals surface area contributed by atoms with Crippen LogP contribution in [-0.4, -0.2) is 17.8 Å². The summed E-state index contributed by atoms with van der Waals surface area (Å²) in [6, 6.07) is 0. The van der Waals surface area contributed by atoms with Crippen LogP contribution in [0.4, 0.5) is 0 Å². The second-order valence-corrected chi connectivity index (χ2v) is 3.80. The molecule has 56 valence electrons. The van der Waals surface area contributed by atoms with Gasteiger partial charge in [-0.1, -0.05) is 6.08 Å². The van der Waals surface area contributed by atoms with E-state index in [1.54, 1.807) is 0 Å². The number of allylic oxidation sites excluding steroid dienone is 2. The van der Waals surface area contributed by atoms with Crippen LogP contribution in [0.15, 0.2) is 11.6 Å². The quantitative estimate of drug-likeness (QED) is 0.448. The topological polar surface area (TPSA) is 17.1 Å². The summed E-state index contributed by atoms with van der Waals surface area (Å²) in [6.45, 7) is 1.87. The molecule has 1 heterocycles. The Bertz CT molecular complexity index is 145. The molecule has 1 saturated heterocycles. The molecule has 0 saturated carbocycles. The van der Waals surface area contributed by atoms with E-state index in [-0.39, 0.29) is 0 Å². The van der Waals surface area contributed by atoms with E-state index in [9.17, 15) is 4.79 Å². The van der Waals surface area contributed by atoms with E-state index in [0.717, 1.165) is 11.9 Å². The fourth-order valence-corrected chi connectivity index (χ4v) is 2.30. The first-order chi connectivity index (χ1) is 4.83. The number of hydrogen-bond donors (Lipinski definition) is 0. The molecule has 0 aromatic rings. The van der Waals surface area contributed by atoms with Crippen molar-refractivity contribution in [3.63, 3.8) is 0 Å². The molecule has 1 nitrogen and oxygen atoms in total. The minimum absolute atomic E-state index is 0.662. The van der Waals surface area contributed by atoms with Crippen LogP contribution >= 0.6 is 11.8 Å². The molecule has 1 aliphatic heterocycles. The van der Waals surface area contributed by atoms with E-state index in [1.807, 2.05) is 18.7 Å². The van der Waals surface area contributed by atoms with E-state index in [4.69, 9.17) is 0 Å². The molecule has 0 spiro atoms. The molecule has 0 amide bonds. The Morgan fingerprint density at radius 1 is 1.70 bits per heavy atom. The zero-order valence-electron chi connectivity index (χ0n) is 6.17. The summed E-state index contributed by atoms with van der Waals surface area (Å²) in [6.07, 6.45) is 4.27. The van der Waals surface area contributed by atoms with Gasteiger partial charge in [0.2, 0.25) is 0 Å². The maximum Gasteiger partial charge on any atom is 0.145 e. The van der Waals surface area contributed by atoms with Gasteiger partial charge in [-0.15, -0.1) is 0 Å². The lowest BCUT2D eigenvalue weighted by molar-refractivity contribution is -0.104. The molecule has 0 aliphatic carbocycles. The Morgan fingerprint density at radius 3 is 3.00 bits per heavy atom. The normalized spacial score (nSPS) is 26.9. The fourth-order valence-electron chi connectivity index (χ4n) is 1.10. The summed E-state index contributed by atoms with van der Waals surface area (Å²) in [7, 11) is 0. The van der Waals surface area contributed by atoms with Crippen molar-refractivity contribution in [1.29, 1.82) is 0 Å². The van der Waals surface area contributed by atoms with Crippen LogP contribution in [0.3, 0.4) is 0 Å². The number of hydrogen-bond acceptors (Lipinski definition) is 2. The van der Waals surface area contributed by atoms with Crippen molar-refractivity contribution in [2.24, 2.45) is 5.92 Å². The van der Waals surface area contributed by atoms with Gasteiger partial charge in [0.15, 0.2) is 0 Å². The summed E-state index contributed by atoms with van der Waals surface area (Å²) in [4.78, 5) is 10.2. The van der Waals surface area contributed by atoms with Crippen molar-refractivity contribution >= 4 is 18.0 Å². The highest BCUT2D eigenvalue weighted by Crippen LogP contribution is 2.24. The van der Waals surface area contributed by atoms with E-state index >= 15 is 0 Å². The Kier molecular flexibility index (Phi) is 3.00. The second kappa shape index (κ2) is 3.81. The smallest absolute Gasteiger partial charge is 0.145 e. The van der Waals surface area contributed by atoms with Crippen LogP contribution in [0.5, 0.6) is 0 Å². The van der Waals surface area contributed by atoms with Crippen molar-refractivity contribution in [2.75, 3.05) is 11.5 Å². The molecule has 1 fully saturated rings. The van der Waals surface area contributed by atoms with Crippen LogP contribution in [0.1, 0.15) is 13.3 Å². The lowest BCUT2D eigenvalue weighted by atomic mass is 10.1. The molecule has 1 unspecified atom stereocenters. The van der Waals surface area contributed by atoms with Crippen molar-refractivity contribution < 1.29 is 4.79 Å². The molecule has 0 bridgehead atoms. The van der Waals surface area contributed by atoms with Crippen molar-refractivity contribution in [2.45, 2.75) is 13.3 Å². The average Bonchev–Trinajstić information content (AvgIpc) is 2.40. The molecule has 2 heteroatoms. The zero-order valence-corrected chi connectivity index (χ0v) is 6.99. The van der Waals surface area contributed by atoms with Gasteiger partial charge < -0.3 is 0 Å². The average molecular weight is 156 g/mol. The Labute approximate surface area is 65.9 Å². The molecule has 0 aromatic heterocycles. The summed E-state index contributed by atoms with van der Waals surface area (Å²) >= 11 is 1.97. The molecular formula is C8H12OS. The Balaban J connectivity index is 2.42. The molecule has 1 atom stereocenters. The van der Waals surface area contributed by atoms with E-state index in [0.29, 0.717) is 5.92 Å². The fraction of sp³-hybridized carbons (Fsp3) is 0.625. The lowest BCUT2D eigenvalue weighted by Gasteiger charge is -1.98. The van der Waals surface area contributed by atoms with Crippen LogP contribution in [-0.2, 0) is 4.79 Å². The lowest BCUT2D eigenvalue weighted by Crippen LogP contribution is -1.93. The molecule has 0 N–H and O–H groups in total. The van der Waals surface area contributed by atoms with Crippen LogP contribution in [0, 0.1) is 5.92 Å².